The number of carboxylic acids is 1. The molecule has 4 rings (SSSR count). The molecule has 1 aromatic heterocycles. The van der Waals surface area contributed by atoms with Crippen molar-refractivity contribution in [3.8, 4) is 0 Å². The number of nitrogens with zero attached hydrogens (tertiary/aromatic N) is 3. The van der Waals surface area contributed by atoms with Crippen molar-refractivity contribution in [3.05, 3.63) is 65.4 Å². The first-order valence-electron chi connectivity index (χ1n) is 7.70. The number of aromatic nitrogens is 2. The van der Waals surface area contributed by atoms with Gasteiger partial charge in [0.15, 0.2) is 0 Å². The molecule has 3 aromatic rings. The molecule has 0 spiro atoms. The van der Waals surface area contributed by atoms with E-state index in [1.807, 2.05) is 0 Å². The number of fused-ring (bicyclic) bond motifs is 2. The topological polar surface area (TPSA) is 92.5 Å². The van der Waals surface area contributed by atoms with Gasteiger partial charge in [0.2, 0.25) is 0 Å². The Labute approximate surface area is 142 Å². The fourth-order valence-corrected chi connectivity index (χ4v) is 3.04. The molecule has 25 heavy (non-hydrogen) atoms. The lowest BCUT2D eigenvalue weighted by atomic mass is 10.1. The second kappa shape index (κ2) is 5.55. The Hall–Kier alpha value is -3.48. The number of hydrogen-bond donors (Lipinski definition) is 1. The van der Waals surface area contributed by atoms with Crippen molar-refractivity contribution in [3.63, 3.8) is 0 Å². The van der Waals surface area contributed by atoms with Gasteiger partial charge in [0.1, 0.15) is 0 Å². The number of hydrogen-bond acceptors (Lipinski definition) is 4. The molecule has 2 heterocycles. The third-order valence-electron chi connectivity index (χ3n) is 4.30. The molecule has 0 aliphatic carbocycles. The van der Waals surface area contributed by atoms with E-state index in [4.69, 9.17) is 5.11 Å². The fraction of sp³-hybridized carbons (Fsp3) is 0.111. The highest BCUT2D eigenvalue weighted by Gasteiger charge is 2.34. The summed E-state index contributed by atoms with van der Waals surface area (Å²) in [6.07, 6.45) is 1.57. The van der Waals surface area contributed by atoms with Crippen LogP contribution < -0.4 is 0 Å². The highest BCUT2D eigenvalue weighted by Crippen LogP contribution is 2.22. The van der Waals surface area contributed by atoms with E-state index in [0.717, 1.165) is 5.52 Å². The summed E-state index contributed by atoms with van der Waals surface area (Å²) in [4.78, 5) is 37.0. The van der Waals surface area contributed by atoms with Crippen LogP contribution in [0, 0.1) is 0 Å². The summed E-state index contributed by atoms with van der Waals surface area (Å²) in [7, 11) is 0. The molecule has 1 aliphatic rings. The number of amides is 2. The van der Waals surface area contributed by atoms with Gasteiger partial charge in [0.05, 0.1) is 34.9 Å². The lowest BCUT2D eigenvalue weighted by Gasteiger charge is -2.14. The molecule has 0 bridgehead atoms. The van der Waals surface area contributed by atoms with Crippen molar-refractivity contribution in [1.29, 1.82) is 0 Å². The Kier molecular flexibility index (Phi) is 3.35. The Morgan fingerprint density at radius 2 is 1.68 bits per heavy atom. The Balaban J connectivity index is 1.56. The van der Waals surface area contributed by atoms with Crippen molar-refractivity contribution in [2.75, 3.05) is 6.54 Å². The van der Waals surface area contributed by atoms with E-state index < -0.39 is 5.97 Å². The number of aromatic carboxylic acids is 1. The number of carbonyl (C=O) groups is 3. The van der Waals surface area contributed by atoms with Crippen LogP contribution in [0.1, 0.15) is 31.1 Å². The highest BCUT2D eigenvalue weighted by molar-refractivity contribution is 6.21. The molecule has 0 atom stereocenters. The molecule has 124 valence electrons. The van der Waals surface area contributed by atoms with Crippen LogP contribution in [-0.2, 0) is 6.54 Å². The maximum atomic E-state index is 12.4. The van der Waals surface area contributed by atoms with Crippen LogP contribution in [0.25, 0.3) is 10.9 Å². The maximum Gasteiger partial charge on any atom is 0.335 e. The number of carbonyl (C=O) groups excluding carboxylic acids is 2. The van der Waals surface area contributed by atoms with Gasteiger partial charge in [-0.3, -0.25) is 19.2 Å². The summed E-state index contributed by atoms with van der Waals surface area (Å²) in [5, 5.41) is 14.0. The van der Waals surface area contributed by atoms with Crippen molar-refractivity contribution in [2.45, 2.75) is 6.54 Å². The summed E-state index contributed by atoms with van der Waals surface area (Å²) < 4.78 is 1.66. The van der Waals surface area contributed by atoms with Crippen LogP contribution in [0.4, 0.5) is 0 Å². The summed E-state index contributed by atoms with van der Waals surface area (Å²) in [5.74, 6) is -1.60. The maximum absolute atomic E-state index is 12.4. The predicted molar refractivity (Wildman–Crippen MR) is 88.5 cm³/mol. The molecule has 2 aromatic carbocycles. The monoisotopic (exact) mass is 335 g/mol. The molecular weight excluding hydrogens is 322 g/mol. The minimum absolute atomic E-state index is 0.187. The molecule has 7 heteroatoms. The second-order valence-corrected chi connectivity index (χ2v) is 5.75. The average molecular weight is 335 g/mol. The minimum atomic E-state index is -0.999. The van der Waals surface area contributed by atoms with Crippen LogP contribution in [0.5, 0.6) is 0 Å². The Bertz CT molecular complexity index is 1000. The zero-order chi connectivity index (χ0) is 17.6. The molecule has 7 nitrogen and oxygen atoms in total. The summed E-state index contributed by atoms with van der Waals surface area (Å²) in [5.41, 5.74) is 1.78. The van der Waals surface area contributed by atoms with Crippen molar-refractivity contribution >= 4 is 28.7 Å². The van der Waals surface area contributed by atoms with E-state index in [0.29, 0.717) is 23.1 Å². The van der Waals surface area contributed by atoms with E-state index in [2.05, 4.69) is 5.10 Å². The van der Waals surface area contributed by atoms with E-state index in [1.54, 1.807) is 47.3 Å². The first-order chi connectivity index (χ1) is 12.1. The summed E-state index contributed by atoms with van der Waals surface area (Å²) in [6.45, 7) is 0.533. The number of imide groups is 1. The number of rotatable bonds is 4. The van der Waals surface area contributed by atoms with E-state index in [1.165, 1.54) is 11.0 Å². The fourth-order valence-electron chi connectivity index (χ4n) is 3.04. The third-order valence-corrected chi connectivity index (χ3v) is 4.30. The van der Waals surface area contributed by atoms with Crippen molar-refractivity contribution in [1.82, 2.24) is 14.7 Å². The SMILES string of the molecule is O=C(O)c1ccc2c(cnn2CCN2C(=O)c3ccccc3C2=O)c1. The Morgan fingerprint density at radius 1 is 1.00 bits per heavy atom. The molecule has 0 radical (unpaired) electrons. The normalized spacial score (nSPS) is 13.5. The Morgan fingerprint density at radius 3 is 2.32 bits per heavy atom. The van der Waals surface area contributed by atoms with E-state index in [-0.39, 0.29) is 23.9 Å². The second-order valence-electron chi connectivity index (χ2n) is 5.75. The number of carboxylic acid groups (broad SMARTS) is 1. The zero-order valence-corrected chi connectivity index (χ0v) is 13.0. The molecule has 1 N–H and O–H groups in total. The summed E-state index contributed by atoms with van der Waals surface area (Å²) >= 11 is 0. The molecule has 1 aliphatic heterocycles. The van der Waals surface area contributed by atoms with Gasteiger partial charge in [0.25, 0.3) is 11.8 Å². The molecule has 0 unspecified atom stereocenters. The van der Waals surface area contributed by atoms with Gasteiger partial charge in [0, 0.05) is 11.9 Å². The van der Waals surface area contributed by atoms with Crippen LogP contribution in [0.2, 0.25) is 0 Å². The molecule has 0 saturated heterocycles. The highest BCUT2D eigenvalue weighted by atomic mass is 16.4. The van der Waals surface area contributed by atoms with Gasteiger partial charge in [-0.25, -0.2) is 4.79 Å². The molecule has 2 amide bonds. The first kappa shape index (κ1) is 15.1. The molecule has 0 saturated carbocycles. The van der Waals surface area contributed by atoms with Gasteiger partial charge in [-0.05, 0) is 30.3 Å². The molecule has 0 fully saturated rings. The predicted octanol–water partition coefficient (Wildman–Crippen LogP) is 2.03. The van der Waals surface area contributed by atoms with Gasteiger partial charge in [-0.1, -0.05) is 12.1 Å². The van der Waals surface area contributed by atoms with E-state index in [9.17, 15) is 14.4 Å². The lowest BCUT2D eigenvalue weighted by molar-refractivity contribution is 0.0644. The molecular formula is C18H13N3O4. The zero-order valence-electron chi connectivity index (χ0n) is 13.0. The largest absolute Gasteiger partial charge is 0.478 e. The van der Waals surface area contributed by atoms with Crippen molar-refractivity contribution in [2.24, 2.45) is 0 Å². The van der Waals surface area contributed by atoms with Gasteiger partial charge < -0.3 is 5.11 Å². The minimum Gasteiger partial charge on any atom is -0.478 e. The number of benzene rings is 2. The van der Waals surface area contributed by atoms with Crippen LogP contribution in [0.3, 0.4) is 0 Å². The average Bonchev–Trinajstić information content (AvgIpc) is 3.13. The van der Waals surface area contributed by atoms with Crippen LogP contribution >= 0.6 is 0 Å². The van der Waals surface area contributed by atoms with E-state index >= 15 is 0 Å². The van der Waals surface area contributed by atoms with Gasteiger partial charge >= 0.3 is 5.97 Å². The van der Waals surface area contributed by atoms with Crippen LogP contribution in [0.15, 0.2) is 48.7 Å². The summed E-state index contributed by atoms with van der Waals surface area (Å²) in [6, 6.07) is 11.5. The van der Waals surface area contributed by atoms with Gasteiger partial charge in [-0.15, -0.1) is 0 Å². The quantitative estimate of drug-likeness (QED) is 0.737. The van der Waals surface area contributed by atoms with Crippen molar-refractivity contribution < 1.29 is 19.5 Å². The standard InChI is InChI=1S/C18H13N3O4/c22-16-13-3-1-2-4-14(13)17(23)20(16)7-8-21-15-6-5-11(18(24)25)9-12(15)10-19-21/h1-6,9-10H,7-8H2,(H,24,25). The first-order valence-corrected chi connectivity index (χ1v) is 7.70. The van der Waals surface area contributed by atoms with Crippen LogP contribution in [-0.4, -0.2) is 44.1 Å². The third kappa shape index (κ3) is 2.37. The lowest BCUT2D eigenvalue weighted by Crippen LogP contribution is -2.33. The van der Waals surface area contributed by atoms with Gasteiger partial charge in [-0.2, -0.15) is 5.10 Å². The smallest absolute Gasteiger partial charge is 0.335 e.